The number of hydrogen-bond donors (Lipinski definition) is 1. The molecule has 1 aliphatic heterocycles. The number of benzene rings is 2. The molecule has 0 atom stereocenters. The molecule has 3 rings (SSSR count). The van der Waals surface area contributed by atoms with Gasteiger partial charge in [0, 0.05) is 23.3 Å². The summed E-state index contributed by atoms with van der Waals surface area (Å²) in [6.45, 7) is 0. The van der Waals surface area contributed by atoms with Gasteiger partial charge in [-0.2, -0.15) is 5.10 Å². The monoisotopic (exact) mass is 294 g/mol. The summed E-state index contributed by atoms with van der Waals surface area (Å²) in [6, 6.07) is 13.2. The number of nitrogens with zero attached hydrogens (tertiary/aromatic N) is 3. The molecule has 0 bridgehead atoms. The highest BCUT2D eigenvalue weighted by atomic mass is 16.6. The van der Waals surface area contributed by atoms with Gasteiger partial charge in [0.15, 0.2) is 5.71 Å². The molecule has 1 aliphatic rings. The Labute approximate surface area is 125 Å². The second-order valence-corrected chi connectivity index (χ2v) is 4.54. The van der Waals surface area contributed by atoms with Crippen molar-refractivity contribution in [2.45, 2.75) is 0 Å². The van der Waals surface area contributed by atoms with Crippen molar-refractivity contribution >= 4 is 29.2 Å². The van der Waals surface area contributed by atoms with E-state index in [1.165, 1.54) is 18.3 Å². The lowest BCUT2D eigenvalue weighted by Gasteiger charge is -1.94. The zero-order chi connectivity index (χ0) is 15.5. The van der Waals surface area contributed by atoms with Crippen LogP contribution in [0.5, 0.6) is 0 Å². The lowest BCUT2D eigenvalue weighted by Crippen LogP contribution is -2.13. The number of anilines is 1. The van der Waals surface area contributed by atoms with Crippen LogP contribution in [0, 0.1) is 10.1 Å². The summed E-state index contributed by atoms with van der Waals surface area (Å²) in [7, 11) is 0. The Morgan fingerprint density at radius 1 is 1.14 bits per heavy atom. The number of hydrogen-bond acceptors (Lipinski definition) is 5. The van der Waals surface area contributed by atoms with E-state index < -0.39 is 4.92 Å². The predicted molar refractivity (Wildman–Crippen MR) is 82.3 cm³/mol. The molecule has 7 heteroatoms. The highest BCUT2D eigenvalue weighted by Crippen LogP contribution is 2.22. The second-order valence-electron chi connectivity index (χ2n) is 4.54. The molecule has 2 aromatic rings. The van der Waals surface area contributed by atoms with Crippen LogP contribution in [0.2, 0.25) is 0 Å². The van der Waals surface area contributed by atoms with Gasteiger partial charge in [-0.3, -0.25) is 14.9 Å². The first kappa shape index (κ1) is 13.6. The molecule has 1 heterocycles. The summed E-state index contributed by atoms with van der Waals surface area (Å²) in [5.41, 5.74) is 2.10. The largest absolute Gasteiger partial charge is 0.320 e. The maximum Gasteiger partial charge on any atom is 0.276 e. The fourth-order valence-corrected chi connectivity index (χ4v) is 2.07. The van der Waals surface area contributed by atoms with Crippen molar-refractivity contribution in [3.63, 3.8) is 0 Å². The van der Waals surface area contributed by atoms with Crippen LogP contribution in [-0.4, -0.2) is 22.8 Å². The molecule has 0 unspecified atom stereocenters. The van der Waals surface area contributed by atoms with Gasteiger partial charge in [-0.05, 0) is 6.07 Å². The number of fused-ring (bicyclic) bond motifs is 1. The van der Waals surface area contributed by atoms with Gasteiger partial charge in [0.1, 0.15) is 0 Å². The number of nitro groups is 1. The highest BCUT2D eigenvalue weighted by Gasteiger charge is 2.25. The summed E-state index contributed by atoms with van der Waals surface area (Å²) in [5, 5.41) is 21.2. The van der Waals surface area contributed by atoms with Gasteiger partial charge in [-0.1, -0.05) is 30.3 Å². The third-order valence-electron chi connectivity index (χ3n) is 3.09. The fourth-order valence-electron chi connectivity index (χ4n) is 2.07. The molecule has 0 spiro atoms. The average molecular weight is 294 g/mol. The van der Waals surface area contributed by atoms with Crippen LogP contribution in [0.4, 0.5) is 11.4 Å². The molecular formula is C15H10N4O3. The molecule has 0 fully saturated rings. The van der Waals surface area contributed by atoms with Crippen molar-refractivity contribution in [3.05, 3.63) is 69.8 Å². The summed E-state index contributed by atoms with van der Waals surface area (Å²) < 4.78 is 0. The molecule has 0 saturated carbocycles. The Balaban J connectivity index is 1.86. The standard InChI is InChI=1S/C15H10N4O3/c20-15-14(12-6-1-2-7-13(12)17-15)18-16-9-10-4-3-5-11(8-10)19(21)22/h1-9H,(H,17,18,20)/b16-9-. The minimum atomic E-state index is -0.482. The Hall–Kier alpha value is -3.35. The van der Waals surface area contributed by atoms with Gasteiger partial charge in [-0.15, -0.1) is 5.10 Å². The van der Waals surface area contributed by atoms with Crippen LogP contribution in [0.1, 0.15) is 11.1 Å². The van der Waals surface area contributed by atoms with E-state index in [9.17, 15) is 14.9 Å². The molecular weight excluding hydrogens is 284 g/mol. The number of para-hydroxylation sites is 1. The molecule has 22 heavy (non-hydrogen) atoms. The van der Waals surface area contributed by atoms with E-state index in [2.05, 4.69) is 15.5 Å². The maximum atomic E-state index is 11.8. The lowest BCUT2D eigenvalue weighted by molar-refractivity contribution is -0.384. The molecule has 2 aromatic carbocycles. The highest BCUT2D eigenvalue weighted by molar-refractivity contribution is 6.53. The number of amides is 1. The topological polar surface area (TPSA) is 97.0 Å². The fraction of sp³-hybridized carbons (Fsp3) is 0. The minimum absolute atomic E-state index is 0.0273. The Bertz CT molecular complexity index is 827. The molecule has 1 amide bonds. The van der Waals surface area contributed by atoms with Gasteiger partial charge in [-0.25, -0.2) is 0 Å². The molecule has 108 valence electrons. The van der Waals surface area contributed by atoms with E-state index in [1.807, 2.05) is 6.07 Å². The van der Waals surface area contributed by atoms with Crippen molar-refractivity contribution in [1.82, 2.24) is 0 Å². The SMILES string of the molecule is O=C1Nc2ccccc2/C1=N/N=C\c1cccc([N+](=O)[O-])c1. The summed E-state index contributed by atoms with van der Waals surface area (Å²) in [6.07, 6.45) is 1.37. The van der Waals surface area contributed by atoms with E-state index in [1.54, 1.807) is 30.3 Å². The van der Waals surface area contributed by atoms with Crippen molar-refractivity contribution in [2.24, 2.45) is 10.2 Å². The first-order valence-electron chi connectivity index (χ1n) is 6.41. The Morgan fingerprint density at radius 2 is 1.95 bits per heavy atom. The van der Waals surface area contributed by atoms with Gasteiger partial charge in [0.2, 0.25) is 0 Å². The number of carbonyl (C=O) groups is 1. The predicted octanol–water partition coefficient (Wildman–Crippen LogP) is 2.37. The van der Waals surface area contributed by atoms with Crippen molar-refractivity contribution in [2.75, 3.05) is 5.32 Å². The van der Waals surface area contributed by atoms with Crippen LogP contribution in [0.15, 0.2) is 58.7 Å². The number of nitrogens with one attached hydrogen (secondary N) is 1. The summed E-state index contributed by atoms with van der Waals surface area (Å²) >= 11 is 0. The first-order chi connectivity index (χ1) is 10.6. The van der Waals surface area contributed by atoms with E-state index >= 15 is 0 Å². The molecule has 0 aromatic heterocycles. The van der Waals surface area contributed by atoms with Crippen LogP contribution >= 0.6 is 0 Å². The van der Waals surface area contributed by atoms with Gasteiger partial charge >= 0.3 is 0 Å². The average Bonchev–Trinajstić information content (AvgIpc) is 2.84. The van der Waals surface area contributed by atoms with Crippen molar-refractivity contribution in [1.29, 1.82) is 0 Å². The van der Waals surface area contributed by atoms with E-state index in [-0.39, 0.29) is 17.3 Å². The number of nitro benzene ring substituents is 1. The lowest BCUT2D eigenvalue weighted by atomic mass is 10.1. The van der Waals surface area contributed by atoms with Crippen LogP contribution in [-0.2, 0) is 4.79 Å². The van der Waals surface area contributed by atoms with Gasteiger partial charge < -0.3 is 5.32 Å². The normalized spacial score (nSPS) is 15.1. The van der Waals surface area contributed by atoms with Crippen LogP contribution in [0.3, 0.4) is 0 Å². The number of non-ortho nitro benzene ring substituents is 1. The van der Waals surface area contributed by atoms with Gasteiger partial charge in [0.05, 0.1) is 16.8 Å². The quantitative estimate of drug-likeness (QED) is 0.534. The third kappa shape index (κ3) is 2.59. The Morgan fingerprint density at radius 3 is 2.77 bits per heavy atom. The van der Waals surface area contributed by atoms with Crippen molar-refractivity contribution in [3.8, 4) is 0 Å². The van der Waals surface area contributed by atoms with Crippen molar-refractivity contribution < 1.29 is 9.72 Å². The van der Waals surface area contributed by atoms with Crippen LogP contribution < -0.4 is 5.32 Å². The molecule has 0 saturated heterocycles. The van der Waals surface area contributed by atoms with E-state index in [0.29, 0.717) is 16.8 Å². The molecule has 7 nitrogen and oxygen atoms in total. The molecule has 0 radical (unpaired) electrons. The van der Waals surface area contributed by atoms with E-state index in [4.69, 9.17) is 0 Å². The summed E-state index contributed by atoms with van der Waals surface area (Å²) in [5.74, 6) is -0.322. The summed E-state index contributed by atoms with van der Waals surface area (Å²) in [4.78, 5) is 22.0. The first-order valence-corrected chi connectivity index (χ1v) is 6.41. The number of carbonyl (C=O) groups excluding carboxylic acids is 1. The smallest absolute Gasteiger partial charge is 0.276 e. The van der Waals surface area contributed by atoms with E-state index in [0.717, 1.165) is 0 Å². The maximum absolute atomic E-state index is 11.8. The molecule has 0 aliphatic carbocycles. The zero-order valence-electron chi connectivity index (χ0n) is 11.3. The second kappa shape index (κ2) is 5.57. The minimum Gasteiger partial charge on any atom is -0.320 e. The zero-order valence-corrected chi connectivity index (χ0v) is 11.3. The third-order valence-corrected chi connectivity index (χ3v) is 3.09. The van der Waals surface area contributed by atoms with Gasteiger partial charge in [0.25, 0.3) is 11.6 Å². The molecule has 1 N–H and O–H groups in total. The number of rotatable bonds is 3. The Kier molecular flexibility index (Phi) is 3.45. The van der Waals surface area contributed by atoms with Crippen LogP contribution in [0.25, 0.3) is 0 Å².